The number of nitrogens with one attached hydrogen (secondary N) is 1. The normalized spacial score (nSPS) is 17.0. The minimum Gasteiger partial charge on any atom is -0.338 e. The molecule has 0 unspecified atom stereocenters. The molecule has 1 saturated heterocycles. The molecular formula is C20H20ClFN2O2. The van der Waals surface area contributed by atoms with Crippen molar-refractivity contribution < 1.29 is 14.0 Å². The maximum Gasteiger partial charge on any atom is 0.253 e. The van der Waals surface area contributed by atoms with E-state index < -0.39 is 0 Å². The fraction of sp³-hybridized carbons (Fsp3) is 0.300. The lowest BCUT2D eigenvalue weighted by Crippen LogP contribution is -2.43. The number of nitrogens with zero attached hydrogens (tertiary/aromatic N) is 1. The molecular weight excluding hydrogens is 355 g/mol. The molecule has 1 aliphatic heterocycles. The standard InChI is InChI=1S/C20H20ClFN2O2/c1-13-11-17(22)8-9-18(13)23-19(25)15-3-2-10-24(12-15)20(26)14-4-6-16(21)7-5-14/h4-9,11,15H,2-3,10,12H2,1H3,(H,23,25)/t15-/m0/s1. The predicted molar refractivity (Wildman–Crippen MR) is 99.8 cm³/mol. The molecule has 2 aromatic carbocycles. The zero-order valence-corrected chi connectivity index (χ0v) is 15.2. The average Bonchev–Trinajstić information content (AvgIpc) is 2.64. The van der Waals surface area contributed by atoms with Gasteiger partial charge in [-0.05, 0) is 67.8 Å². The van der Waals surface area contributed by atoms with Gasteiger partial charge in [0.1, 0.15) is 5.82 Å². The monoisotopic (exact) mass is 374 g/mol. The van der Waals surface area contributed by atoms with E-state index in [1.54, 1.807) is 42.2 Å². The molecule has 1 N–H and O–H groups in total. The number of likely N-dealkylation sites (tertiary alicyclic amines) is 1. The number of piperidine rings is 1. The van der Waals surface area contributed by atoms with Gasteiger partial charge < -0.3 is 10.2 Å². The number of amides is 2. The van der Waals surface area contributed by atoms with Gasteiger partial charge >= 0.3 is 0 Å². The summed E-state index contributed by atoms with van der Waals surface area (Å²) in [6.07, 6.45) is 1.48. The molecule has 0 radical (unpaired) electrons. The molecule has 3 rings (SSSR count). The second-order valence-electron chi connectivity index (χ2n) is 6.55. The van der Waals surface area contributed by atoms with Gasteiger partial charge in [0.2, 0.25) is 5.91 Å². The number of carbonyl (C=O) groups is 2. The Balaban J connectivity index is 1.66. The Morgan fingerprint density at radius 1 is 1.19 bits per heavy atom. The quantitative estimate of drug-likeness (QED) is 0.871. The van der Waals surface area contributed by atoms with Gasteiger partial charge in [-0.3, -0.25) is 9.59 Å². The SMILES string of the molecule is Cc1cc(F)ccc1NC(=O)[C@H]1CCCN(C(=O)c2ccc(Cl)cc2)C1. The lowest BCUT2D eigenvalue weighted by Gasteiger charge is -2.32. The first-order valence-corrected chi connectivity index (χ1v) is 8.93. The predicted octanol–water partition coefficient (Wildman–Crippen LogP) is 4.28. The molecule has 26 heavy (non-hydrogen) atoms. The minimum atomic E-state index is -0.335. The Labute approximate surface area is 157 Å². The first-order valence-electron chi connectivity index (χ1n) is 8.56. The van der Waals surface area contributed by atoms with Crippen molar-refractivity contribution in [2.24, 2.45) is 5.92 Å². The van der Waals surface area contributed by atoms with Crippen molar-refractivity contribution in [3.63, 3.8) is 0 Å². The summed E-state index contributed by atoms with van der Waals surface area (Å²) in [7, 11) is 0. The topological polar surface area (TPSA) is 49.4 Å². The Kier molecular flexibility index (Phi) is 5.57. The van der Waals surface area contributed by atoms with E-state index in [1.807, 2.05) is 0 Å². The van der Waals surface area contributed by atoms with Crippen LogP contribution >= 0.6 is 11.6 Å². The summed E-state index contributed by atoms with van der Waals surface area (Å²) in [6.45, 7) is 2.74. The molecule has 0 saturated carbocycles. The van der Waals surface area contributed by atoms with Crippen molar-refractivity contribution in [1.29, 1.82) is 0 Å². The van der Waals surface area contributed by atoms with Crippen LogP contribution in [0.2, 0.25) is 5.02 Å². The molecule has 1 fully saturated rings. The van der Waals surface area contributed by atoms with E-state index in [1.165, 1.54) is 12.1 Å². The van der Waals surface area contributed by atoms with E-state index >= 15 is 0 Å². The van der Waals surface area contributed by atoms with Crippen molar-refractivity contribution in [1.82, 2.24) is 4.90 Å². The second-order valence-corrected chi connectivity index (χ2v) is 6.98. The van der Waals surface area contributed by atoms with Gasteiger partial charge in [0.15, 0.2) is 0 Å². The molecule has 0 bridgehead atoms. The molecule has 136 valence electrons. The Morgan fingerprint density at radius 3 is 2.62 bits per heavy atom. The number of anilines is 1. The highest BCUT2D eigenvalue weighted by Gasteiger charge is 2.29. The van der Waals surface area contributed by atoms with Crippen LogP contribution in [-0.4, -0.2) is 29.8 Å². The number of aryl methyl sites for hydroxylation is 1. The van der Waals surface area contributed by atoms with Crippen molar-refractivity contribution in [3.8, 4) is 0 Å². The summed E-state index contributed by atoms with van der Waals surface area (Å²) in [5.41, 5.74) is 1.82. The largest absolute Gasteiger partial charge is 0.338 e. The summed E-state index contributed by atoms with van der Waals surface area (Å²) in [6, 6.07) is 11.0. The molecule has 4 nitrogen and oxygen atoms in total. The highest BCUT2D eigenvalue weighted by atomic mass is 35.5. The smallest absolute Gasteiger partial charge is 0.253 e. The fourth-order valence-corrected chi connectivity index (χ4v) is 3.28. The zero-order chi connectivity index (χ0) is 18.7. The maximum atomic E-state index is 13.2. The Bertz CT molecular complexity index is 823. The van der Waals surface area contributed by atoms with Crippen molar-refractivity contribution in [3.05, 3.63) is 64.4 Å². The molecule has 0 spiro atoms. The van der Waals surface area contributed by atoms with Crippen LogP contribution in [0.3, 0.4) is 0 Å². The summed E-state index contributed by atoms with van der Waals surface area (Å²) in [4.78, 5) is 26.9. The maximum absolute atomic E-state index is 13.2. The van der Waals surface area contributed by atoms with Gasteiger partial charge in [0, 0.05) is 29.4 Å². The lowest BCUT2D eigenvalue weighted by molar-refractivity contribution is -0.121. The van der Waals surface area contributed by atoms with E-state index in [4.69, 9.17) is 11.6 Å². The first-order chi connectivity index (χ1) is 12.4. The van der Waals surface area contributed by atoms with E-state index in [0.29, 0.717) is 34.9 Å². The average molecular weight is 375 g/mol. The molecule has 1 atom stereocenters. The van der Waals surface area contributed by atoms with E-state index in [2.05, 4.69) is 5.32 Å². The minimum absolute atomic E-state index is 0.0999. The number of hydrogen-bond acceptors (Lipinski definition) is 2. The first kappa shape index (κ1) is 18.4. The van der Waals surface area contributed by atoms with Crippen molar-refractivity contribution in [2.75, 3.05) is 18.4 Å². The van der Waals surface area contributed by atoms with Crippen LogP contribution < -0.4 is 5.32 Å². The third-order valence-corrected chi connectivity index (χ3v) is 4.87. The third kappa shape index (κ3) is 4.22. The van der Waals surface area contributed by atoms with Crippen LogP contribution in [0.25, 0.3) is 0 Å². The highest BCUT2D eigenvalue weighted by Crippen LogP contribution is 2.22. The second kappa shape index (κ2) is 7.87. The molecule has 0 aromatic heterocycles. The van der Waals surface area contributed by atoms with E-state index in [0.717, 1.165) is 12.8 Å². The van der Waals surface area contributed by atoms with Crippen LogP contribution in [0.15, 0.2) is 42.5 Å². The highest BCUT2D eigenvalue weighted by molar-refractivity contribution is 6.30. The summed E-state index contributed by atoms with van der Waals surface area (Å²) in [5, 5.41) is 3.43. The van der Waals surface area contributed by atoms with Gasteiger partial charge in [0.25, 0.3) is 5.91 Å². The Morgan fingerprint density at radius 2 is 1.92 bits per heavy atom. The molecule has 2 aromatic rings. The van der Waals surface area contributed by atoms with Crippen LogP contribution in [0.4, 0.5) is 10.1 Å². The number of rotatable bonds is 3. The van der Waals surface area contributed by atoms with Gasteiger partial charge in [-0.2, -0.15) is 0 Å². The number of carbonyl (C=O) groups excluding carboxylic acids is 2. The number of hydrogen-bond donors (Lipinski definition) is 1. The number of halogens is 2. The van der Waals surface area contributed by atoms with Crippen molar-refractivity contribution in [2.45, 2.75) is 19.8 Å². The molecule has 2 amide bonds. The van der Waals surface area contributed by atoms with E-state index in [-0.39, 0.29) is 23.5 Å². The third-order valence-electron chi connectivity index (χ3n) is 4.62. The van der Waals surface area contributed by atoms with Crippen LogP contribution in [0, 0.1) is 18.7 Å². The molecule has 6 heteroatoms. The van der Waals surface area contributed by atoms with Crippen LogP contribution in [0.1, 0.15) is 28.8 Å². The summed E-state index contributed by atoms with van der Waals surface area (Å²) >= 11 is 5.87. The lowest BCUT2D eigenvalue weighted by atomic mass is 9.96. The fourth-order valence-electron chi connectivity index (χ4n) is 3.15. The van der Waals surface area contributed by atoms with Crippen LogP contribution in [0.5, 0.6) is 0 Å². The van der Waals surface area contributed by atoms with Gasteiger partial charge in [0.05, 0.1) is 5.92 Å². The van der Waals surface area contributed by atoms with Gasteiger partial charge in [-0.1, -0.05) is 11.6 Å². The Hall–Kier alpha value is -2.40. The summed E-state index contributed by atoms with van der Waals surface area (Å²) < 4.78 is 13.2. The zero-order valence-electron chi connectivity index (χ0n) is 14.5. The molecule has 1 heterocycles. The molecule has 0 aliphatic carbocycles. The number of benzene rings is 2. The van der Waals surface area contributed by atoms with Gasteiger partial charge in [-0.15, -0.1) is 0 Å². The summed E-state index contributed by atoms with van der Waals surface area (Å²) in [5.74, 6) is -0.868. The van der Waals surface area contributed by atoms with E-state index in [9.17, 15) is 14.0 Å². The van der Waals surface area contributed by atoms with Gasteiger partial charge in [-0.25, -0.2) is 4.39 Å². The molecule has 1 aliphatic rings. The van der Waals surface area contributed by atoms with Crippen LogP contribution in [-0.2, 0) is 4.79 Å². The van der Waals surface area contributed by atoms with Crippen molar-refractivity contribution >= 4 is 29.1 Å².